The van der Waals surface area contributed by atoms with E-state index in [0.29, 0.717) is 10.7 Å². The summed E-state index contributed by atoms with van der Waals surface area (Å²) in [5.41, 5.74) is 0.586. The van der Waals surface area contributed by atoms with Gasteiger partial charge in [0.05, 0.1) is 21.7 Å². The fraction of sp³-hybridized carbons (Fsp3) is 0.455. The lowest BCUT2D eigenvalue weighted by Gasteiger charge is -2.21. The lowest BCUT2D eigenvalue weighted by atomic mass is 10.0. The van der Waals surface area contributed by atoms with Crippen molar-refractivity contribution < 1.29 is 4.79 Å². The molecule has 1 aromatic heterocycles. The van der Waals surface area contributed by atoms with E-state index in [4.69, 9.17) is 11.6 Å². The maximum Gasteiger partial charge on any atom is 0.240 e. The van der Waals surface area contributed by atoms with Gasteiger partial charge in [-0.05, 0) is 31.6 Å². The number of carbonyl (C=O) groups is 1. The highest BCUT2D eigenvalue weighted by atomic mass is 35.5. The maximum atomic E-state index is 12.1. The van der Waals surface area contributed by atoms with Gasteiger partial charge in [-0.1, -0.05) is 11.6 Å². The summed E-state index contributed by atoms with van der Waals surface area (Å²) in [5.74, 6) is 1.06. The SMILES string of the molecule is CC1(C(=O)Nc2cnccc2Cl)CCCS1. The molecule has 1 aliphatic rings. The molecular weight excluding hydrogens is 244 g/mol. The molecule has 2 heterocycles. The van der Waals surface area contributed by atoms with E-state index in [9.17, 15) is 4.79 Å². The Morgan fingerprint density at radius 1 is 1.69 bits per heavy atom. The Balaban J connectivity index is 2.10. The summed E-state index contributed by atoms with van der Waals surface area (Å²) in [5, 5.41) is 3.36. The Labute approximate surface area is 104 Å². The molecular formula is C11H13ClN2OS. The maximum absolute atomic E-state index is 12.1. The third-order valence-electron chi connectivity index (χ3n) is 2.72. The van der Waals surface area contributed by atoms with Crippen LogP contribution in [0.4, 0.5) is 5.69 Å². The summed E-state index contributed by atoms with van der Waals surface area (Å²) < 4.78 is -0.320. The van der Waals surface area contributed by atoms with Gasteiger partial charge in [-0.25, -0.2) is 0 Å². The molecule has 1 aromatic rings. The molecule has 3 nitrogen and oxygen atoms in total. The molecule has 1 N–H and O–H groups in total. The molecule has 0 bridgehead atoms. The van der Waals surface area contributed by atoms with Crippen LogP contribution in [-0.4, -0.2) is 21.4 Å². The molecule has 1 atom stereocenters. The Morgan fingerprint density at radius 3 is 3.12 bits per heavy atom. The van der Waals surface area contributed by atoms with Crippen molar-refractivity contribution in [3.8, 4) is 0 Å². The van der Waals surface area contributed by atoms with E-state index in [2.05, 4.69) is 10.3 Å². The number of hydrogen-bond acceptors (Lipinski definition) is 3. The number of anilines is 1. The third kappa shape index (κ3) is 2.33. The van der Waals surface area contributed by atoms with Crippen LogP contribution in [0.2, 0.25) is 5.02 Å². The number of hydrogen-bond donors (Lipinski definition) is 1. The van der Waals surface area contributed by atoms with Gasteiger partial charge >= 0.3 is 0 Å². The van der Waals surface area contributed by atoms with Gasteiger partial charge in [0.15, 0.2) is 0 Å². The molecule has 0 radical (unpaired) electrons. The monoisotopic (exact) mass is 256 g/mol. The second kappa shape index (κ2) is 4.63. The van der Waals surface area contributed by atoms with Crippen molar-refractivity contribution in [2.75, 3.05) is 11.1 Å². The zero-order valence-electron chi connectivity index (χ0n) is 9.00. The highest BCUT2D eigenvalue weighted by Gasteiger charge is 2.37. The van der Waals surface area contributed by atoms with Crippen molar-refractivity contribution in [1.29, 1.82) is 0 Å². The molecule has 2 rings (SSSR count). The first kappa shape index (κ1) is 11.7. The molecule has 16 heavy (non-hydrogen) atoms. The minimum absolute atomic E-state index is 0.0184. The van der Waals surface area contributed by atoms with Gasteiger partial charge in [-0.2, -0.15) is 0 Å². The van der Waals surface area contributed by atoms with Gasteiger partial charge in [0.2, 0.25) is 5.91 Å². The zero-order valence-corrected chi connectivity index (χ0v) is 10.6. The third-order valence-corrected chi connectivity index (χ3v) is 4.56. The van der Waals surface area contributed by atoms with Crippen molar-refractivity contribution >= 4 is 35.0 Å². The molecule has 0 aliphatic carbocycles. The Bertz CT molecular complexity index is 405. The van der Waals surface area contributed by atoms with E-state index in [-0.39, 0.29) is 10.7 Å². The molecule has 0 saturated carbocycles. The molecule has 0 spiro atoms. The minimum Gasteiger partial charge on any atom is -0.322 e. The van der Waals surface area contributed by atoms with Gasteiger partial charge < -0.3 is 5.32 Å². The summed E-state index contributed by atoms with van der Waals surface area (Å²) in [6, 6.07) is 1.67. The number of rotatable bonds is 2. The average molecular weight is 257 g/mol. The summed E-state index contributed by atoms with van der Waals surface area (Å²) in [6.07, 6.45) is 5.18. The van der Waals surface area contributed by atoms with Crippen molar-refractivity contribution in [3.63, 3.8) is 0 Å². The molecule has 1 fully saturated rings. The lowest BCUT2D eigenvalue weighted by Crippen LogP contribution is -2.34. The Morgan fingerprint density at radius 2 is 2.50 bits per heavy atom. The van der Waals surface area contributed by atoms with Crippen molar-refractivity contribution in [2.45, 2.75) is 24.5 Å². The number of pyridine rings is 1. The first-order chi connectivity index (χ1) is 7.62. The van der Waals surface area contributed by atoms with Gasteiger partial charge in [0.25, 0.3) is 0 Å². The molecule has 1 unspecified atom stereocenters. The number of halogens is 1. The molecule has 1 saturated heterocycles. The summed E-state index contributed by atoms with van der Waals surface area (Å²) >= 11 is 7.66. The van der Waals surface area contributed by atoms with Gasteiger partial charge in [0.1, 0.15) is 0 Å². The van der Waals surface area contributed by atoms with E-state index in [1.165, 1.54) is 0 Å². The first-order valence-corrected chi connectivity index (χ1v) is 6.53. The highest BCUT2D eigenvalue weighted by Crippen LogP contribution is 2.38. The van der Waals surface area contributed by atoms with Crippen LogP contribution < -0.4 is 5.32 Å². The van der Waals surface area contributed by atoms with Crippen molar-refractivity contribution in [3.05, 3.63) is 23.5 Å². The van der Waals surface area contributed by atoms with Crippen LogP contribution in [0.1, 0.15) is 19.8 Å². The summed E-state index contributed by atoms with van der Waals surface area (Å²) in [4.78, 5) is 16.0. The van der Waals surface area contributed by atoms with Crippen LogP contribution in [0, 0.1) is 0 Å². The number of nitrogens with zero attached hydrogens (tertiary/aromatic N) is 1. The van der Waals surface area contributed by atoms with E-state index >= 15 is 0 Å². The number of thioether (sulfide) groups is 1. The standard InChI is InChI=1S/C11H13ClN2OS/c1-11(4-2-6-16-11)10(15)14-9-7-13-5-3-8(9)12/h3,5,7H,2,4,6H2,1H3,(H,14,15). The van der Waals surface area contributed by atoms with Crippen LogP contribution in [0.15, 0.2) is 18.5 Å². The number of amides is 1. The Kier molecular flexibility index (Phi) is 3.40. The normalized spacial score (nSPS) is 24.4. The number of carbonyl (C=O) groups excluding carboxylic acids is 1. The predicted octanol–water partition coefficient (Wildman–Crippen LogP) is 2.96. The smallest absolute Gasteiger partial charge is 0.240 e. The summed E-state index contributed by atoms with van der Waals surface area (Å²) in [7, 11) is 0. The lowest BCUT2D eigenvalue weighted by molar-refractivity contribution is -0.118. The largest absolute Gasteiger partial charge is 0.322 e. The topological polar surface area (TPSA) is 42.0 Å². The van der Waals surface area contributed by atoms with E-state index in [0.717, 1.165) is 18.6 Å². The highest BCUT2D eigenvalue weighted by molar-refractivity contribution is 8.01. The molecule has 0 aromatic carbocycles. The van der Waals surface area contributed by atoms with Crippen LogP contribution in [-0.2, 0) is 4.79 Å². The number of aromatic nitrogens is 1. The zero-order chi connectivity index (χ0) is 11.6. The molecule has 1 amide bonds. The van der Waals surface area contributed by atoms with Crippen LogP contribution in [0.3, 0.4) is 0 Å². The van der Waals surface area contributed by atoms with Gasteiger partial charge in [-0.3, -0.25) is 9.78 Å². The van der Waals surface area contributed by atoms with E-state index in [1.54, 1.807) is 30.2 Å². The van der Waals surface area contributed by atoms with E-state index in [1.807, 2.05) is 6.92 Å². The fourth-order valence-corrected chi connectivity index (χ4v) is 3.04. The molecule has 86 valence electrons. The van der Waals surface area contributed by atoms with Crippen molar-refractivity contribution in [1.82, 2.24) is 4.98 Å². The van der Waals surface area contributed by atoms with Gasteiger partial charge in [0, 0.05) is 6.20 Å². The van der Waals surface area contributed by atoms with Crippen LogP contribution in [0.25, 0.3) is 0 Å². The second-order valence-electron chi connectivity index (χ2n) is 3.99. The van der Waals surface area contributed by atoms with Crippen LogP contribution in [0.5, 0.6) is 0 Å². The number of nitrogens with one attached hydrogen (secondary N) is 1. The quantitative estimate of drug-likeness (QED) is 0.885. The summed E-state index contributed by atoms with van der Waals surface area (Å²) in [6.45, 7) is 1.98. The van der Waals surface area contributed by atoms with Crippen LogP contribution >= 0.6 is 23.4 Å². The fourth-order valence-electron chi connectivity index (χ4n) is 1.68. The second-order valence-corrected chi connectivity index (χ2v) is 6.00. The molecule has 5 heteroatoms. The molecule has 1 aliphatic heterocycles. The van der Waals surface area contributed by atoms with Crippen molar-refractivity contribution in [2.24, 2.45) is 0 Å². The first-order valence-electron chi connectivity index (χ1n) is 5.17. The minimum atomic E-state index is -0.320. The average Bonchev–Trinajstić information content (AvgIpc) is 2.70. The van der Waals surface area contributed by atoms with Gasteiger partial charge in [-0.15, -0.1) is 11.8 Å². The predicted molar refractivity (Wildman–Crippen MR) is 68.0 cm³/mol. The van der Waals surface area contributed by atoms with E-state index < -0.39 is 0 Å². The Hall–Kier alpha value is -0.740.